The van der Waals surface area contributed by atoms with Gasteiger partial charge in [0.2, 0.25) is 0 Å². The summed E-state index contributed by atoms with van der Waals surface area (Å²) < 4.78 is 20.5. The van der Waals surface area contributed by atoms with Crippen molar-refractivity contribution in [2.75, 3.05) is 12.3 Å². The first-order valence-corrected chi connectivity index (χ1v) is 5.51. The summed E-state index contributed by atoms with van der Waals surface area (Å²) in [4.78, 5) is 15.1. The van der Waals surface area contributed by atoms with Gasteiger partial charge < -0.3 is 20.7 Å². The van der Waals surface area contributed by atoms with Crippen molar-refractivity contribution in [1.82, 2.24) is 9.55 Å². The third kappa shape index (κ3) is 2.00. The Hall–Kier alpha value is -1.55. The molecule has 0 radical (unpaired) electrons. The van der Waals surface area contributed by atoms with E-state index in [9.17, 15) is 14.3 Å². The number of aliphatic hydroxyl groups excluding tert-OH is 2. The van der Waals surface area contributed by atoms with Crippen LogP contribution in [0, 0.1) is 0 Å². The van der Waals surface area contributed by atoms with E-state index in [0.717, 1.165) is 11.5 Å². The molecule has 6 N–H and O–H groups in total. The number of hydrogen-bond donors (Lipinski definition) is 4. The van der Waals surface area contributed by atoms with E-state index in [1.54, 1.807) is 0 Å². The highest BCUT2D eigenvalue weighted by atomic mass is 19.1. The molecule has 1 aromatic heterocycles. The molecule has 4 atom stereocenters. The monoisotopic (exact) mass is 274 g/mol. The smallest absolute Gasteiger partial charge is 0.351 e. The van der Waals surface area contributed by atoms with Crippen LogP contribution < -0.4 is 17.2 Å². The Labute approximate surface area is 107 Å². The molecule has 0 bridgehead atoms. The van der Waals surface area contributed by atoms with Gasteiger partial charge in [-0.3, -0.25) is 10.3 Å². The van der Waals surface area contributed by atoms with E-state index in [4.69, 9.17) is 21.3 Å². The maximum absolute atomic E-state index is 14.5. The van der Waals surface area contributed by atoms with Gasteiger partial charge >= 0.3 is 5.69 Å². The molecule has 1 fully saturated rings. The third-order valence-electron chi connectivity index (χ3n) is 3.16. The normalized spacial score (nSPS) is 38.6. The Kier molecular flexibility index (Phi) is 3.09. The molecule has 19 heavy (non-hydrogen) atoms. The number of nitrogens with zero attached hydrogens (tertiary/aromatic N) is 2. The second-order valence-electron chi connectivity index (χ2n) is 4.68. The molecule has 1 aliphatic heterocycles. The zero-order valence-electron chi connectivity index (χ0n) is 10.2. The molecule has 0 spiro atoms. The van der Waals surface area contributed by atoms with Gasteiger partial charge in [0, 0.05) is 6.20 Å². The molecule has 106 valence electrons. The van der Waals surface area contributed by atoms with Crippen LogP contribution in [0.4, 0.5) is 10.2 Å². The molecule has 1 aromatic rings. The molecule has 1 saturated heterocycles. The fraction of sp³-hybridized carbons (Fsp3) is 0.600. The first-order chi connectivity index (χ1) is 8.72. The summed E-state index contributed by atoms with van der Waals surface area (Å²) in [6.45, 7) is 0.219. The van der Waals surface area contributed by atoms with E-state index in [-0.39, 0.29) is 5.82 Å². The third-order valence-corrected chi connectivity index (χ3v) is 3.16. The molecular weight excluding hydrogens is 259 g/mol. The summed E-state index contributed by atoms with van der Waals surface area (Å²) in [5, 5.41) is 18.9. The second kappa shape index (κ2) is 4.23. The molecule has 9 heteroatoms. The number of nitrogen functional groups attached to an aromatic ring is 1. The molecule has 4 unspecified atom stereocenters. The fourth-order valence-corrected chi connectivity index (χ4v) is 2.06. The summed E-state index contributed by atoms with van der Waals surface area (Å²) in [5.74, 6) is -0.0264. The van der Waals surface area contributed by atoms with E-state index in [2.05, 4.69) is 4.98 Å². The Morgan fingerprint density at radius 2 is 2.32 bits per heavy atom. The van der Waals surface area contributed by atoms with Crippen LogP contribution in [0.1, 0.15) is 13.2 Å². The molecule has 0 saturated carbocycles. The van der Waals surface area contributed by atoms with Crippen molar-refractivity contribution in [3.63, 3.8) is 0 Å². The predicted molar refractivity (Wildman–Crippen MR) is 62.6 cm³/mol. The lowest BCUT2D eigenvalue weighted by molar-refractivity contribution is -0.126. The van der Waals surface area contributed by atoms with Crippen LogP contribution in [0.15, 0.2) is 17.1 Å². The standard InChI is InChI=1S/C10H15FN4O4/c1-9(11)6(17)10(13,4-16)19-7(9)15-3-2-5(12)14-8(15)18/h2-3,6-7,16-17H,4,13H2,1H3,(H2,12,14,18). The van der Waals surface area contributed by atoms with Gasteiger partial charge in [-0.05, 0) is 13.0 Å². The zero-order chi connectivity index (χ0) is 14.4. The van der Waals surface area contributed by atoms with Crippen LogP contribution in [0.2, 0.25) is 0 Å². The van der Waals surface area contributed by atoms with Gasteiger partial charge in [-0.2, -0.15) is 4.98 Å². The minimum atomic E-state index is -2.38. The highest BCUT2D eigenvalue weighted by Gasteiger charge is 2.61. The molecule has 1 aliphatic rings. The predicted octanol–water partition coefficient (Wildman–Crippen LogP) is -1.91. The Morgan fingerprint density at radius 1 is 1.68 bits per heavy atom. The first-order valence-electron chi connectivity index (χ1n) is 5.51. The van der Waals surface area contributed by atoms with E-state index in [1.807, 2.05) is 0 Å². The zero-order valence-corrected chi connectivity index (χ0v) is 10.2. The van der Waals surface area contributed by atoms with Crippen LogP contribution in [0.3, 0.4) is 0 Å². The van der Waals surface area contributed by atoms with Crippen molar-refractivity contribution in [1.29, 1.82) is 0 Å². The lowest BCUT2D eigenvalue weighted by atomic mass is 9.95. The number of rotatable bonds is 2. The lowest BCUT2D eigenvalue weighted by Gasteiger charge is -2.26. The number of hydrogen-bond acceptors (Lipinski definition) is 7. The summed E-state index contributed by atoms with van der Waals surface area (Å²) in [7, 11) is 0. The van der Waals surface area contributed by atoms with Crippen molar-refractivity contribution in [2.24, 2.45) is 5.73 Å². The van der Waals surface area contributed by atoms with Crippen LogP contribution in [0.25, 0.3) is 0 Å². The molecule has 2 rings (SSSR count). The van der Waals surface area contributed by atoms with Crippen LogP contribution in [-0.2, 0) is 4.74 Å². The van der Waals surface area contributed by atoms with E-state index in [1.165, 1.54) is 12.3 Å². The Bertz CT molecular complexity index is 549. The quantitative estimate of drug-likeness (QED) is 0.494. The lowest BCUT2D eigenvalue weighted by Crippen LogP contribution is -2.55. The van der Waals surface area contributed by atoms with Gasteiger partial charge in [-0.25, -0.2) is 9.18 Å². The van der Waals surface area contributed by atoms with Crippen molar-refractivity contribution >= 4 is 5.82 Å². The van der Waals surface area contributed by atoms with Gasteiger partial charge in [0.15, 0.2) is 17.6 Å². The van der Waals surface area contributed by atoms with Crippen molar-refractivity contribution < 1.29 is 19.3 Å². The summed E-state index contributed by atoms with van der Waals surface area (Å²) in [6.07, 6.45) is -2.14. The molecular formula is C10H15FN4O4. The van der Waals surface area contributed by atoms with E-state index in [0.29, 0.717) is 0 Å². The topological polar surface area (TPSA) is 137 Å². The molecule has 0 amide bonds. The number of halogens is 1. The van der Waals surface area contributed by atoms with Crippen molar-refractivity contribution in [3.05, 3.63) is 22.7 Å². The van der Waals surface area contributed by atoms with Gasteiger partial charge in [0.1, 0.15) is 11.9 Å². The van der Waals surface area contributed by atoms with Crippen LogP contribution in [0.5, 0.6) is 0 Å². The molecule has 8 nitrogen and oxygen atoms in total. The molecule has 2 heterocycles. The molecule has 0 aromatic carbocycles. The largest absolute Gasteiger partial charge is 0.392 e. The van der Waals surface area contributed by atoms with Crippen molar-refractivity contribution in [3.8, 4) is 0 Å². The maximum atomic E-state index is 14.5. The SMILES string of the molecule is CC1(F)C(n2ccc(N)nc2=O)OC(N)(CO)C1O. The van der Waals surface area contributed by atoms with E-state index >= 15 is 0 Å². The summed E-state index contributed by atoms with van der Waals surface area (Å²) in [5.41, 5.74) is 5.68. The fourth-order valence-electron chi connectivity index (χ4n) is 2.06. The average molecular weight is 274 g/mol. The first kappa shape index (κ1) is 13.9. The van der Waals surface area contributed by atoms with Crippen LogP contribution in [-0.4, -0.2) is 43.9 Å². The Balaban J connectivity index is 2.48. The Morgan fingerprint density at radius 3 is 2.79 bits per heavy atom. The minimum absolute atomic E-state index is 0.0264. The number of aromatic nitrogens is 2. The average Bonchev–Trinajstić information content (AvgIpc) is 2.51. The number of anilines is 1. The number of ether oxygens (including phenoxy) is 1. The van der Waals surface area contributed by atoms with Gasteiger partial charge in [-0.1, -0.05) is 0 Å². The van der Waals surface area contributed by atoms with Gasteiger partial charge in [0.25, 0.3) is 0 Å². The summed E-state index contributed by atoms with van der Waals surface area (Å²) in [6, 6.07) is 1.28. The molecule has 0 aliphatic carbocycles. The van der Waals surface area contributed by atoms with Crippen LogP contribution >= 0.6 is 0 Å². The number of aliphatic hydroxyl groups is 2. The van der Waals surface area contributed by atoms with Gasteiger partial charge in [0.05, 0.1) is 6.61 Å². The number of nitrogens with two attached hydrogens (primary N) is 2. The highest BCUT2D eigenvalue weighted by Crippen LogP contribution is 2.43. The van der Waals surface area contributed by atoms with E-state index < -0.39 is 36.0 Å². The highest BCUT2D eigenvalue weighted by molar-refractivity contribution is 5.24. The second-order valence-corrected chi connectivity index (χ2v) is 4.68. The van der Waals surface area contributed by atoms with Gasteiger partial charge in [-0.15, -0.1) is 0 Å². The maximum Gasteiger partial charge on any atom is 0.351 e. The van der Waals surface area contributed by atoms with Crippen molar-refractivity contribution in [2.45, 2.75) is 30.6 Å². The minimum Gasteiger partial charge on any atom is -0.392 e. The number of alkyl halides is 1. The summed E-state index contributed by atoms with van der Waals surface area (Å²) >= 11 is 0.